The van der Waals surface area contributed by atoms with E-state index < -0.39 is 16.6 Å². The SMILES string of the molecule is CCCCCCO[C@]12CCCC(=O)C1(C)C1CCC3(C)C(CC[C@]3(O)[C@H](C)C3CC(C)=C(C)C(=O)O3)C1[C@@H]1O[C@@H]12. The third-order valence-corrected chi connectivity index (χ3v) is 13.4. The van der Waals surface area contributed by atoms with Crippen LogP contribution in [0.1, 0.15) is 119 Å². The van der Waals surface area contributed by atoms with Crippen molar-refractivity contribution in [1.29, 1.82) is 0 Å². The van der Waals surface area contributed by atoms with Crippen LogP contribution in [-0.4, -0.2) is 53.0 Å². The molecule has 40 heavy (non-hydrogen) atoms. The molecule has 4 saturated carbocycles. The Morgan fingerprint density at radius 1 is 1.05 bits per heavy atom. The summed E-state index contributed by atoms with van der Waals surface area (Å²) in [4.78, 5) is 26.5. The van der Waals surface area contributed by atoms with Gasteiger partial charge in [-0.25, -0.2) is 4.79 Å². The highest BCUT2D eigenvalue weighted by atomic mass is 16.6. The van der Waals surface area contributed by atoms with Crippen molar-refractivity contribution in [2.24, 2.45) is 34.5 Å². The number of cyclic esters (lactones) is 1. The minimum Gasteiger partial charge on any atom is -0.458 e. The monoisotopic (exact) mass is 556 g/mol. The van der Waals surface area contributed by atoms with E-state index in [4.69, 9.17) is 14.2 Å². The fraction of sp³-hybridized carbons (Fsp3) is 0.882. The fourth-order valence-corrected chi connectivity index (χ4v) is 10.7. The zero-order valence-corrected chi connectivity index (χ0v) is 25.7. The van der Waals surface area contributed by atoms with Crippen LogP contribution in [-0.2, 0) is 23.8 Å². The van der Waals surface area contributed by atoms with Gasteiger partial charge in [-0.15, -0.1) is 0 Å². The predicted molar refractivity (Wildman–Crippen MR) is 152 cm³/mol. The second-order valence-electron chi connectivity index (χ2n) is 14.9. The first-order valence-electron chi connectivity index (χ1n) is 16.4. The number of epoxide rings is 1. The third-order valence-electron chi connectivity index (χ3n) is 13.4. The molecular formula is C34H52O6. The van der Waals surface area contributed by atoms with Gasteiger partial charge in [0.15, 0.2) is 0 Å². The maximum Gasteiger partial charge on any atom is 0.333 e. The molecule has 0 aromatic carbocycles. The van der Waals surface area contributed by atoms with Gasteiger partial charge in [0.05, 0.1) is 17.1 Å². The molecule has 1 N–H and O–H groups in total. The molecule has 0 radical (unpaired) electrons. The largest absolute Gasteiger partial charge is 0.458 e. The molecule has 2 heterocycles. The van der Waals surface area contributed by atoms with E-state index in [0.717, 1.165) is 44.1 Å². The summed E-state index contributed by atoms with van der Waals surface area (Å²) in [5.74, 6) is 0.711. The number of unbranched alkanes of at least 4 members (excludes halogenated alkanes) is 3. The van der Waals surface area contributed by atoms with Gasteiger partial charge in [-0.2, -0.15) is 0 Å². The van der Waals surface area contributed by atoms with Crippen molar-refractivity contribution in [3.63, 3.8) is 0 Å². The lowest BCUT2D eigenvalue weighted by atomic mass is 9.42. The molecule has 6 heteroatoms. The molecule has 224 valence electrons. The standard InChI is InChI=1S/C34H52O6/c1-7-8-9-10-18-38-34-15-11-12-26(35)32(34,6)24-13-16-31(5)23(27(24)28-29(34)40-28)14-17-33(31,37)22(4)25-19-20(2)21(3)30(36)39-25/h22-25,27-29,37H,7-19H2,1-6H3/t22-,23?,24?,25?,27?,28+,29+,31?,32?,33+,34+/m1/s1. The lowest BCUT2D eigenvalue weighted by Crippen LogP contribution is -2.70. The molecule has 0 spiro atoms. The summed E-state index contributed by atoms with van der Waals surface area (Å²) >= 11 is 0. The summed E-state index contributed by atoms with van der Waals surface area (Å²) in [6, 6.07) is 0. The van der Waals surface area contributed by atoms with Crippen molar-refractivity contribution >= 4 is 11.8 Å². The Hall–Kier alpha value is -1.24. The van der Waals surface area contributed by atoms with E-state index in [1.54, 1.807) is 0 Å². The molecule has 0 aromatic heterocycles. The summed E-state index contributed by atoms with van der Waals surface area (Å²) in [6.07, 6.45) is 11.0. The van der Waals surface area contributed by atoms with Crippen molar-refractivity contribution in [2.45, 2.75) is 148 Å². The Balaban J connectivity index is 1.28. The van der Waals surface area contributed by atoms with Gasteiger partial charge >= 0.3 is 5.97 Å². The first kappa shape index (κ1) is 28.9. The zero-order chi connectivity index (χ0) is 28.7. The van der Waals surface area contributed by atoms with Crippen molar-refractivity contribution in [3.8, 4) is 0 Å². The number of carbonyl (C=O) groups excluding carboxylic acids is 2. The predicted octanol–water partition coefficient (Wildman–Crippen LogP) is 6.32. The Morgan fingerprint density at radius 2 is 1.80 bits per heavy atom. The van der Waals surface area contributed by atoms with Crippen molar-refractivity contribution < 1.29 is 28.9 Å². The quantitative estimate of drug-likeness (QED) is 0.214. The average molecular weight is 557 g/mol. The van der Waals surface area contributed by atoms with Crippen LogP contribution in [0.5, 0.6) is 0 Å². The Bertz CT molecular complexity index is 1080. The van der Waals surface area contributed by atoms with Crippen molar-refractivity contribution in [3.05, 3.63) is 11.1 Å². The number of hydrogen-bond acceptors (Lipinski definition) is 6. The number of Topliss-reactive ketones (excluding diaryl/α,β-unsaturated/α-hetero) is 1. The number of fused-ring (bicyclic) bond motifs is 8. The van der Waals surface area contributed by atoms with Crippen LogP contribution < -0.4 is 0 Å². The minimum absolute atomic E-state index is 0.0160. The molecule has 2 aliphatic heterocycles. The number of aliphatic hydroxyl groups is 1. The smallest absolute Gasteiger partial charge is 0.333 e. The summed E-state index contributed by atoms with van der Waals surface area (Å²) in [7, 11) is 0. The lowest BCUT2D eigenvalue weighted by Gasteiger charge is -2.63. The Morgan fingerprint density at radius 3 is 2.52 bits per heavy atom. The van der Waals surface area contributed by atoms with E-state index in [2.05, 4.69) is 27.7 Å². The van der Waals surface area contributed by atoms with Gasteiger partial charge in [-0.1, -0.05) is 45.6 Å². The first-order chi connectivity index (χ1) is 19.0. The van der Waals surface area contributed by atoms with E-state index in [1.807, 2.05) is 13.8 Å². The number of esters is 1. The fourth-order valence-electron chi connectivity index (χ4n) is 10.7. The van der Waals surface area contributed by atoms with Gasteiger partial charge in [0.2, 0.25) is 0 Å². The number of carbonyl (C=O) groups is 2. The number of rotatable bonds is 8. The van der Waals surface area contributed by atoms with Gasteiger partial charge in [-0.3, -0.25) is 4.79 Å². The van der Waals surface area contributed by atoms with Crippen LogP contribution in [0.3, 0.4) is 0 Å². The summed E-state index contributed by atoms with van der Waals surface area (Å²) in [5, 5.41) is 12.5. The third kappa shape index (κ3) is 3.76. The van der Waals surface area contributed by atoms with Gasteiger partial charge in [0.25, 0.3) is 0 Å². The molecular weight excluding hydrogens is 504 g/mol. The van der Waals surface area contributed by atoms with Gasteiger partial charge < -0.3 is 19.3 Å². The van der Waals surface area contributed by atoms with Crippen LogP contribution in [0.4, 0.5) is 0 Å². The van der Waals surface area contributed by atoms with Crippen molar-refractivity contribution in [2.75, 3.05) is 6.61 Å². The molecule has 6 nitrogen and oxygen atoms in total. The molecule has 6 unspecified atom stereocenters. The Labute approximate surface area is 241 Å². The average Bonchev–Trinajstić information content (AvgIpc) is 3.68. The topological polar surface area (TPSA) is 85.4 Å². The molecule has 6 aliphatic rings. The molecule has 4 aliphatic carbocycles. The summed E-state index contributed by atoms with van der Waals surface area (Å²) < 4.78 is 19.4. The van der Waals surface area contributed by atoms with E-state index in [0.29, 0.717) is 37.2 Å². The minimum atomic E-state index is -0.925. The summed E-state index contributed by atoms with van der Waals surface area (Å²) in [6.45, 7) is 13.4. The highest BCUT2D eigenvalue weighted by Crippen LogP contribution is 2.73. The maximum absolute atomic E-state index is 14.0. The molecule has 1 saturated heterocycles. The van der Waals surface area contributed by atoms with E-state index >= 15 is 0 Å². The number of ether oxygens (including phenoxy) is 3. The molecule has 5 fully saturated rings. The maximum atomic E-state index is 14.0. The number of ketones is 1. The zero-order valence-electron chi connectivity index (χ0n) is 25.7. The highest BCUT2D eigenvalue weighted by molar-refractivity contribution is 5.89. The Kier molecular flexibility index (Phi) is 7.15. The van der Waals surface area contributed by atoms with E-state index in [1.165, 1.54) is 19.3 Å². The van der Waals surface area contributed by atoms with Gasteiger partial charge in [0, 0.05) is 30.9 Å². The lowest BCUT2D eigenvalue weighted by molar-refractivity contribution is -0.223. The normalized spacial score (nSPS) is 48.6. The summed E-state index contributed by atoms with van der Waals surface area (Å²) in [5.41, 5.74) is -0.511. The molecule has 0 bridgehead atoms. The van der Waals surface area contributed by atoms with Gasteiger partial charge in [0.1, 0.15) is 23.6 Å². The molecule has 6 rings (SSSR count). The van der Waals surface area contributed by atoms with E-state index in [-0.39, 0.29) is 53.4 Å². The van der Waals surface area contributed by atoms with Crippen LogP contribution in [0.25, 0.3) is 0 Å². The molecule has 0 aromatic rings. The molecule has 0 amide bonds. The van der Waals surface area contributed by atoms with Crippen LogP contribution in [0.2, 0.25) is 0 Å². The highest BCUT2D eigenvalue weighted by Gasteiger charge is 2.79. The van der Waals surface area contributed by atoms with E-state index in [9.17, 15) is 14.7 Å². The van der Waals surface area contributed by atoms with Crippen LogP contribution >= 0.6 is 0 Å². The van der Waals surface area contributed by atoms with Crippen molar-refractivity contribution in [1.82, 2.24) is 0 Å². The van der Waals surface area contributed by atoms with Crippen LogP contribution in [0, 0.1) is 34.5 Å². The van der Waals surface area contributed by atoms with Crippen LogP contribution in [0.15, 0.2) is 11.1 Å². The second kappa shape index (κ2) is 9.91. The first-order valence-corrected chi connectivity index (χ1v) is 16.4. The number of hydrogen-bond donors (Lipinski definition) is 1. The molecule has 11 atom stereocenters. The second-order valence-corrected chi connectivity index (χ2v) is 14.9. The van der Waals surface area contributed by atoms with Gasteiger partial charge in [-0.05, 0) is 88.9 Å².